The van der Waals surface area contributed by atoms with Gasteiger partial charge in [0.1, 0.15) is 0 Å². The number of carbonyl (C=O) groups is 1. The highest BCUT2D eigenvalue weighted by Gasteiger charge is 2.22. The number of amides is 1. The fraction of sp³-hybridized carbons (Fsp3) is 0.310. The van der Waals surface area contributed by atoms with Gasteiger partial charge in [0, 0.05) is 26.2 Å². The fourth-order valence-corrected chi connectivity index (χ4v) is 5.63. The van der Waals surface area contributed by atoms with E-state index in [4.69, 9.17) is 9.72 Å². The van der Waals surface area contributed by atoms with E-state index in [1.54, 1.807) is 11.3 Å². The number of benzene rings is 3. The number of aromatic nitrogens is 1. The summed E-state index contributed by atoms with van der Waals surface area (Å²) in [6.07, 6.45) is 0.353. The van der Waals surface area contributed by atoms with Crippen molar-refractivity contribution < 1.29 is 9.53 Å². The van der Waals surface area contributed by atoms with Crippen molar-refractivity contribution in [2.75, 3.05) is 44.3 Å². The van der Waals surface area contributed by atoms with Gasteiger partial charge in [0.2, 0.25) is 5.91 Å². The van der Waals surface area contributed by atoms with Crippen molar-refractivity contribution in [2.24, 2.45) is 0 Å². The van der Waals surface area contributed by atoms with Crippen molar-refractivity contribution in [3.05, 3.63) is 83.4 Å². The molecule has 0 spiro atoms. The van der Waals surface area contributed by atoms with Gasteiger partial charge in [-0.2, -0.15) is 0 Å². The van der Waals surface area contributed by atoms with Crippen molar-refractivity contribution in [1.82, 2.24) is 9.88 Å². The van der Waals surface area contributed by atoms with Crippen LogP contribution in [0.15, 0.2) is 66.7 Å². The van der Waals surface area contributed by atoms with Crippen molar-refractivity contribution in [3.8, 4) is 11.1 Å². The molecule has 5 rings (SSSR count). The molecule has 1 aromatic heterocycles. The number of carbonyl (C=O) groups excluding carboxylic acids is 1. The highest BCUT2D eigenvalue weighted by molar-refractivity contribution is 7.22. The van der Waals surface area contributed by atoms with Gasteiger partial charge >= 0.3 is 0 Å². The van der Waals surface area contributed by atoms with E-state index in [2.05, 4.69) is 67.3 Å². The van der Waals surface area contributed by atoms with E-state index in [9.17, 15) is 4.79 Å². The van der Waals surface area contributed by atoms with Crippen LogP contribution in [0.3, 0.4) is 0 Å². The molecule has 35 heavy (non-hydrogen) atoms. The zero-order valence-corrected chi connectivity index (χ0v) is 21.2. The Morgan fingerprint density at radius 1 is 0.943 bits per heavy atom. The van der Waals surface area contributed by atoms with Crippen LogP contribution < -0.4 is 4.90 Å². The van der Waals surface area contributed by atoms with Crippen LogP contribution in [0.25, 0.3) is 21.3 Å². The highest BCUT2D eigenvalue weighted by Crippen LogP contribution is 2.33. The van der Waals surface area contributed by atoms with Crippen molar-refractivity contribution in [3.63, 3.8) is 0 Å². The quantitative estimate of drug-likeness (QED) is 0.347. The molecule has 0 radical (unpaired) electrons. The van der Waals surface area contributed by atoms with Gasteiger partial charge in [-0.15, -0.1) is 0 Å². The van der Waals surface area contributed by atoms with Crippen molar-refractivity contribution in [1.29, 1.82) is 0 Å². The average molecular weight is 486 g/mol. The maximum absolute atomic E-state index is 13.6. The second-order valence-electron chi connectivity index (χ2n) is 9.11. The molecule has 4 aromatic rings. The minimum absolute atomic E-state index is 0.0834. The van der Waals surface area contributed by atoms with Crippen LogP contribution in [0.2, 0.25) is 0 Å². The highest BCUT2D eigenvalue weighted by atomic mass is 32.1. The third kappa shape index (κ3) is 5.45. The molecule has 0 saturated carbocycles. The number of anilines is 1. The summed E-state index contributed by atoms with van der Waals surface area (Å²) < 4.78 is 6.66. The molecule has 1 saturated heterocycles. The Labute approximate surface area is 211 Å². The molecule has 1 aliphatic rings. The third-order valence-electron chi connectivity index (χ3n) is 6.62. The molecule has 180 valence electrons. The Morgan fingerprint density at radius 3 is 2.34 bits per heavy atom. The molecule has 6 heteroatoms. The van der Waals surface area contributed by atoms with E-state index < -0.39 is 0 Å². The molecule has 2 heterocycles. The minimum atomic E-state index is 0.0834. The predicted molar refractivity (Wildman–Crippen MR) is 144 cm³/mol. The molecule has 0 bridgehead atoms. The van der Waals surface area contributed by atoms with Gasteiger partial charge < -0.3 is 4.74 Å². The second kappa shape index (κ2) is 10.7. The Morgan fingerprint density at radius 2 is 1.63 bits per heavy atom. The van der Waals surface area contributed by atoms with Gasteiger partial charge in [-0.1, -0.05) is 78.1 Å². The summed E-state index contributed by atoms with van der Waals surface area (Å²) in [6.45, 7) is 8.94. The van der Waals surface area contributed by atoms with Crippen molar-refractivity contribution >= 4 is 32.6 Å². The Balaban J connectivity index is 1.38. The summed E-state index contributed by atoms with van der Waals surface area (Å²) in [4.78, 5) is 22.8. The molecule has 1 amide bonds. The number of ether oxygens (including phenoxy) is 1. The lowest BCUT2D eigenvalue weighted by Crippen LogP contribution is -2.43. The largest absolute Gasteiger partial charge is 0.379 e. The Kier molecular flexibility index (Phi) is 7.23. The lowest BCUT2D eigenvalue weighted by molar-refractivity contribution is -0.118. The van der Waals surface area contributed by atoms with Gasteiger partial charge in [-0.05, 0) is 41.7 Å². The Hall–Kier alpha value is -3.06. The number of morpholine rings is 1. The van der Waals surface area contributed by atoms with Crippen LogP contribution in [-0.4, -0.2) is 55.2 Å². The zero-order valence-electron chi connectivity index (χ0n) is 20.4. The van der Waals surface area contributed by atoms with Crippen LogP contribution >= 0.6 is 11.3 Å². The summed E-state index contributed by atoms with van der Waals surface area (Å²) in [7, 11) is 0. The van der Waals surface area contributed by atoms with Crippen LogP contribution in [0.5, 0.6) is 0 Å². The lowest BCUT2D eigenvalue weighted by atomic mass is 10.0. The number of thiazole rings is 1. The molecule has 0 unspecified atom stereocenters. The summed E-state index contributed by atoms with van der Waals surface area (Å²) in [6, 6.07) is 22.9. The summed E-state index contributed by atoms with van der Waals surface area (Å²) in [5.74, 6) is 0.0834. The average Bonchev–Trinajstić information content (AvgIpc) is 3.35. The summed E-state index contributed by atoms with van der Waals surface area (Å²) in [5.41, 5.74) is 6.69. The lowest BCUT2D eigenvalue weighted by Gasteiger charge is -2.29. The van der Waals surface area contributed by atoms with Gasteiger partial charge in [-0.3, -0.25) is 14.6 Å². The first-order valence-corrected chi connectivity index (χ1v) is 13.0. The number of nitrogens with zero attached hydrogens (tertiary/aromatic N) is 3. The fourth-order valence-electron chi connectivity index (χ4n) is 4.47. The first-order chi connectivity index (χ1) is 17.1. The van der Waals surface area contributed by atoms with Crippen LogP contribution in [0.1, 0.15) is 16.7 Å². The van der Waals surface area contributed by atoms with Crippen LogP contribution in [0.4, 0.5) is 5.13 Å². The summed E-state index contributed by atoms with van der Waals surface area (Å²) in [5, 5.41) is 0.788. The molecular formula is C29H31N3O2S. The standard InChI is InChI=1S/C29H31N3O2S/c1-21-8-9-22(2)28-27(21)30-29(35-28)32(15-14-31-16-18-34-19-17-31)26(33)20-23-10-12-25(13-11-23)24-6-4-3-5-7-24/h3-13H,14-20H2,1-2H3. The number of rotatable bonds is 7. The van der Waals surface area contributed by atoms with E-state index in [0.717, 1.165) is 64.9 Å². The predicted octanol–water partition coefficient (Wildman–Crippen LogP) is 5.49. The number of aryl methyl sites for hydroxylation is 2. The molecular weight excluding hydrogens is 454 g/mol. The monoisotopic (exact) mass is 485 g/mol. The minimum Gasteiger partial charge on any atom is -0.379 e. The second-order valence-corrected chi connectivity index (χ2v) is 10.1. The van der Waals surface area contributed by atoms with Crippen LogP contribution in [0, 0.1) is 13.8 Å². The molecule has 3 aromatic carbocycles. The van der Waals surface area contributed by atoms with Gasteiger partial charge in [0.15, 0.2) is 5.13 Å². The molecule has 0 atom stereocenters. The molecule has 1 fully saturated rings. The molecule has 0 aliphatic carbocycles. The number of hydrogen-bond acceptors (Lipinski definition) is 5. The molecule has 1 aliphatic heterocycles. The maximum Gasteiger partial charge on any atom is 0.233 e. The van der Waals surface area contributed by atoms with E-state index in [0.29, 0.717) is 13.0 Å². The molecule has 0 N–H and O–H groups in total. The first-order valence-electron chi connectivity index (χ1n) is 12.2. The maximum atomic E-state index is 13.6. The van der Waals surface area contributed by atoms with E-state index >= 15 is 0 Å². The number of fused-ring (bicyclic) bond motifs is 1. The van der Waals surface area contributed by atoms with Crippen LogP contribution in [-0.2, 0) is 16.0 Å². The SMILES string of the molecule is Cc1ccc(C)c2sc(N(CCN3CCOCC3)C(=O)Cc3ccc(-c4ccccc4)cc3)nc12. The van der Waals surface area contributed by atoms with Crippen molar-refractivity contribution in [2.45, 2.75) is 20.3 Å². The van der Waals surface area contributed by atoms with E-state index in [1.165, 1.54) is 11.1 Å². The van der Waals surface area contributed by atoms with Gasteiger partial charge in [0.05, 0.1) is 29.9 Å². The normalized spacial score (nSPS) is 14.3. The Bertz CT molecular complexity index is 1260. The van der Waals surface area contributed by atoms with E-state index in [1.807, 2.05) is 23.1 Å². The first kappa shape index (κ1) is 23.7. The zero-order chi connectivity index (χ0) is 24.2. The number of hydrogen-bond donors (Lipinski definition) is 0. The van der Waals surface area contributed by atoms with E-state index in [-0.39, 0.29) is 5.91 Å². The third-order valence-corrected chi connectivity index (χ3v) is 7.84. The smallest absolute Gasteiger partial charge is 0.233 e. The van der Waals surface area contributed by atoms with Gasteiger partial charge in [-0.25, -0.2) is 4.98 Å². The summed E-state index contributed by atoms with van der Waals surface area (Å²) >= 11 is 1.62. The molecule has 5 nitrogen and oxygen atoms in total. The van der Waals surface area contributed by atoms with Gasteiger partial charge in [0.25, 0.3) is 0 Å². The topological polar surface area (TPSA) is 45.7 Å².